The van der Waals surface area contributed by atoms with Crippen LogP contribution in [0.4, 0.5) is 0 Å². The molecular weight excluding hydrogens is 260 g/mol. The van der Waals surface area contributed by atoms with E-state index in [2.05, 4.69) is 24.3 Å². The highest BCUT2D eigenvalue weighted by Gasteiger charge is 2.50. The van der Waals surface area contributed by atoms with E-state index < -0.39 is 0 Å². The first-order valence-electron chi connectivity index (χ1n) is 8.39. The van der Waals surface area contributed by atoms with Gasteiger partial charge in [0, 0.05) is 13.5 Å². The minimum absolute atomic E-state index is 0.227. The summed E-state index contributed by atoms with van der Waals surface area (Å²) in [7, 11) is 1.79. The Morgan fingerprint density at radius 2 is 1.86 bits per heavy atom. The fraction of sp³-hybridized carbons (Fsp3) is 0.632. The van der Waals surface area contributed by atoms with Crippen LogP contribution >= 0.6 is 0 Å². The number of hydrogen-bond acceptors (Lipinski definition) is 2. The maximum atomic E-state index is 13.1. The van der Waals surface area contributed by atoms with E-state index in [4.69, 9.17) is 4.74 Å². The number of ketones is 1. The van der Waals surface area contributed by atoms with Crippen molar-refractivity contribution in [3.63, 3.8) is 0 Å². The van der Waals surface area contributed by atoms with Crippen LogP contribution in [0.3, 0.4) is 0 Å². The molecule has 0 spiro atoms. The van der Waals surface area contributed by atoms with Crippen molar-refractivity contribution >= 4 is 5.78 Å². The molecule has 0 radical (unpaired) electrons. The van der Waals surface area contributed by atoms with E-state index >= 15 is 0 Å². The van der Waals surface area contributed by atoms with Gasteiger partial charge in [0.25, 0.3) is 0 Å². The van der Waals surface area contributed by atoms with E-state index in [1.165, 1.54) is 24.8 Å². The molecule has 0 aliphatic heterocycles. The van der Waals surface area contributed by atoms with Crippen molar-refractivity contribution in [2.45, 2.75) is 62.9 Å². The van der Waals surface area contributed by atoms with Crippen LogP contribution in [0.5, 0.6) is 0 Å². The fourth-order valence-electron chi connectivity index (χ4n) is 4.52. The molecule has 21 heavy (non-hydrogen) atoms. The smallest absolute Gasteiger partial charge is 0.143 e. The number of Topliss-reactive ketones (excluding diaryl/α,β-unsaturated/α-hetero) is 1. The topological polar surface area (TPSA) is 26.3 Å². The van der Waals surface area contributed by atoms with Gasteiger partial charge in [-0.25, -0.2) is 0 Å². The number of carbonyl (C=O) groups excluding carboxylic acids is 1. The molecule has 2 fully saturated rings. The lowest BCUT2D eigenvalue weighted by atomic mass is 9.57. The normalized spacial score (nSPS) is 33.9. The summed E-state index contributed by atoms with van der Waals surface area (Å²) in [6.07, 6.45) is 8.78. The first-order valence-corrected chi connectivity index (χ1v) is 8.39. The van der Waals surface area contributed by atoms with Crippen molar-refractivity contribution in [1.29, 1.82) is 0 Å². The van der Waals surface area contributed by atoms with Gasteiger partial charge in [-0.15, -0.1) is 0 Å². The molecule has 0 bridgehead atoms. The summed E-state index contributed by atoms with van der Waals surface area (Å²) in [6, 6.07) is 10.5. The molecule has 1 aromatic carbocycles. The summed E-state index contributed by atoms with van der Waals surface area (Å²) in [6.45, 7) is 0. The van der Waals surface area contributed by atoms with Crippen molar-refractivity contribution in [3.05, 3.63) is 35.9 Å². The molecule has 0 amide bonds. The Morgan fingerprint density at radius 3 is 2.62 bits per heavy atom. The monoisotopic (exact) mass is 286 g/mol. The Hall–Kier alpha value is -1.15. The van der Waals surface area contributed by atoms with Crippen LogP contribution in [0.15, 0.2) is 30.3 Å². The maximum Gasteiger partial charge on any atom is 0.143 e. The van der Waals surface area contributed by atoms with E-state index in [9.17, 15) is 4.79 Å². The van der Waals surface area contributed by atoms with Crippen LogP contribution in [0.25, 0.3) is 0 Å². The van der Waals surface area contributed by atoms with Crippen LogP contribution in [-0.4, -0.2) is 19.0 Å². The number of carbonyl (C=O) groups is 1. The van der Waals surface area contributed by atoms with Crippen molar-refractivity contribution in [2.24, 2.45) is 5.92 Å². The van der Waals surface area contributed by atoms with Crippen LogP contribution in [0, 0.1) is 5.92 Å². The molecular formula is C19H26O2. The van der Waals surface area contributed by atoms with Gasteiger partial charge in [0.05, 0.1) is 11.5 Å². The minimum Gasteiger partial charge on any atom is -0.381 e. The molecule has 0 aromatic heterocycles. The van der Waals surface area contributed by atoms with E-state index in [1.54, 1.807) is 7.11 Å². The molecule has 2 nitrogen and oxygen atoms in total. The molecule has 0 saturated heterocycles. The Labute approximate surface area is 127 Å². The van der Waals surface area contributed by atoms with Gasteiger partial charge in [-0.1, -0.05) is 43.2 Å². The Morgan fingerprint density at radius 1 is 1.05 bits per heavy atom. The van der Waals surface area contributed by atoms with Crippen molar-refractivity contribution in [2.75, 3.05) is 7.11 Å². The zero-order chi connectivity index (χ0) is 14.7. The Balaban J connectivity index is 2.05. The van der Waals surface area contributed by atoms with E-state index in [-0.39, 0.29) is 11.5 Å². The summed E-state index contributed by atoms with van der Waals surface area (Å²) in [4.78, 5) is 13.1. The second kappa shape index (κ2) is 6.31. The zero-order valence-corrected chi connectivity index (χ0v) is 13.0. The van der Waals surface area contributed by atoms with E-state index in [1.807, 2.05) is 6.07 Å². The predicted octanol–water partition coefficient (Wildman–Crippen LogP) is 4.27. The molecule has 0 heterocycles. The number of hydrogen-bond donors (Lipinski definition) is 0. The third-order valence-electron chi connectivity index (χ3n) is 5.66. The second-order valence-corrected chi connectivity index (χ2v) is 6.70. The average Bonchev–Trinajstić information content (AvgIpc) is 2.53. The summed E-state index contributed by atoms with van der Waals surface area (Å²) in [5.41, 5.74) is 0.935. The van der Waals surface area contributed by atoms with Gasteiger partial charge >= 0.3 is 0 Å². The highest BCUT2D eigenvalue weighted by molar-refractivity contribution is 5.91. The maximum absolute atomic E-state index is 13.1. The molecule has 0 N–H and O–H groups in total. The third-order valence-corrected chi connectivity index (χ3v) is 5.66. The number of benzene rings is 1. The summed E-state index contributed by atoms with van der Waals surface area (Å²) in [5.74, 6) is 0.958. The van der Waals surface area contributed by atoms with E-state index in [0.717, 1.165) is 32.1 Å². The van der Waals surface area contributed by atoms with E-state index in [0.29, 0.717) is 11.7 Å². The molecule has 1 aromatic rings. The average molecular weight is 286 g/mol. The molecule has 2 aliphatic rings. The zero-order valence-electron chi connectivity index (χ0n) is 13.0. The number of fused-ring (bicyclic) bond motifs is 1. The second-order valence-electron chi connectivity index (χ2n) is 6.70. The SMILES string of the molecule is COC1CC[C@@H]2CCCCCC(=O)[C@]2(c2ccccc2)C1. The van der Waals surface area contributed by atoms with Gasteiger partial charge < -0.3 is 4.74 Å². The van der Waals surface area contributed by atoms with Gasteiger partial charge in [-0.05, 0) is 43.6 Å². The van der Waals surface area contributed by atoms with Crippen molar-refractivity contribution in [1.82, 2.24) is 0 Å². The van der Waals surface area contributed by atoms with Gasteiger partial charge in [0.15, 0.2) is 0 Å². The first-order chi connectivity index (χ1) is 10.3. The predicted molar refractivity (Wildman–Crippen MR) is 84.4 cm³/mol. The first kappa shape index (κ1) is 14.8. The van der Waals surface area contributed by atoms with Crippen LogP contribution in [0.2, 0.25) is 0 Å². The minimum atomic E-state index is -0.291. The number of ether oxygens (including phenoxy) is 1. The highest BCUT2D eigenvalue weighted by Crippen LogP contribution is 2.49. The van der Waals surface area contributed by atoms with Gasteiger partial charge in [-0.2, -0.15) is 0 Å². The van der Waals surface area contributed by atoms with Gasteiger partial charge in [-0.3, -0.25) is 4.79 Å². The van der Waals surface area contributed by atoms with Gasteiger partial charge in [0.1, 0.15) is 5.78 Å². The molecule has 3 rings (SSSR count). The largest absolute Gasteiger partial charge is 0.381 e. The van der Waals surface area contributed by atoms with Crippen LogP contribution in [0.1, 0.15) is 56.9 Å². The lowest BCUT2D eigenvalue weighted by Gasteiger charge is -2.47. The molecule has 2 aliphatic carbocycles. The summed E-state index contributed by atoms with van der Waals surface area (Å²) >= 11 is 0. The van der Waals surface area contributed by atoms with Crippen molar-refractivity contribution < 1.29 is 9.53 Å². The number of rotatable bonds is 2. The lowest BCUT2D eigenvalue weighted by Crippen LogP contribution is -2.49. The molecule has 114 valence electrons. The number of methoxy groups -OCH3 is 1. The van der Waals surface area contributed by atoms with Gasteiger partial charge in [0.2, 0.25) is 0 Å². The van der Waals surface area contributed by atoms with Crippen LogP contribution in [-0.2, 0) is 14.9 Å². The standard InChI is InChI=1S/C19H26O2/c1-21-17-13-12-16-10-6-3-7-11-18(20)19(16,14-17)15-8-4-2-5-9-15/h2,4-5,8-9,16-17H,3,6-7,10-14H2,1H3/t16-,17?,19-/m0/s1. The van der Waals surface area contributed by atoms with Crippen LogP contribution < -0.4 is 0 Å². The molecule has 2 saturated carbocycles. The molecule has 1 unspecified atom stereocenters. The van der Waals surface area contributed by atoms with Crippen molar-refractivity contribution in [3.8, 4) is 0 Å². The summed E-state index contributed by atoms with van der Waals surface area (Å²) in [5, 5.41) is 0. The fourth-order valence-corrected chi connectivity index (χ4v) is 4.52. The Bertz CT molecular complexity index is 482. The summed E-state index contributed by atoms with van der Waals surface area (Å²) < 4.78 is 5.65. The molecule has 2 heteroatoms. The Kier molecular flexibility index (Phi) is 4.44. The molecule has 3 atom stereocenters. The third kappa shape index (κ3) is 2.66. The quantitative estimate of drug-likeness (QED) is 0.811. The lowest BCUT2D eigenvalue weighted by molar-refractivity contribution is -0.132. The highest BCUT2D eigenvalue weighted by atomic mass is 16.5.